The van der Waals surface area contributed by atoms with Crippen LogP contribution in [0, 0.1) is 12.8 Å². The first-order chi connectivity index (χ1) is 11.6. The lowest BCUT2D eigenvalue weighted by molar-refractivity contribution is 0.0944. The van der Waals surface area contributed by atoms with Gasteiger partial charge < -0.3 is 15.2 Å². The molecule has 0 unspecified atom stereocenters. The van der Waals surface area contributed by atoms with Crippen molar-refractivity contribution in [1.29, 1.82) is 0 Å². The normalized spacial score (nSPS) is 19.3. The molecule has 2 aliphatic rings. The van der Waals surface area contributed by atoms with Crippen LogP contribution in [0.25, 0.3) is 0 Å². The van der Waals surface area contributed by atoms with Crippen LogP contribution >= 0.6 is 0 Å². The summed E-state index contributed by atoms with van der Waals surface area (Å²) in [6.45, 7) is 8.29. The van der Waals surface area contributed by atoms with E-state index in [1.807, 2.05) is 6.92 Å². The Bertz CT molecular complexity index is 612. The molecule has 1 aromatic heterocycles. The molecule has 5 heteroatoms. The number of rotatable bonds is 5. The van der Waals surface area contributed by atoms with Crippen LogP contribution in [0.4, 0.5) is 0 Å². The Kier molecular flexibility index (Phi) is 5.39. The number of piperidine rings is 1. The largest absolute Gasteiger partial charge is 0.354 e. The van der Waals surface area contributed by atoms with E-state index in [2.05, 4.69) is 22.1 Å². The number of aromatic amines is 1. The maximum atomic E-state index is 12.4. The number of Topliss-reactive ketones (excluding diaryl/α,β-unsaturated/α-hetero) is 1. The van der Waals surface area contributed by atoms with E-state index >= 15 is 0 Å². The lowest BCUT2D eigenvalue weighted by atomic mass is 9.94. The summed E-state index contributed by atoms with van der Waals surface area (Å²) in [5, 5.41) is 3.00. The Hall–Kier alpha value is -1.62. The Balaban J connectivity index is 1.48. The molecule has 1 aliphatic heterocycles. The van der Waals surface area contributed by atoms with Gasteiger partial charge in [-0.2, -0.15) is 0 Å². The van der Waals surface area contributed by atoms with Crippen LogP contribution in [0.3, 0.4) is 0 Å². The second kappa shape index (κ2) is 7.51. The average molecular weight is 331 g/mol. The topological polar surface area (TPSA) is 65.2 Å². The Morgan fingerprint density at radius 3 is 2.75 bits per heavy atom. The van der Waals surface area contributed by atoms with Crippen LogP contribution < -0.4 is 5.32 Å². The van der Waals surface area contributed by atoms with Gasteiger partial charge in [-0.1, -0.05) is 6.92 Å². The summed E-state index contributed by atoms with van der Waals surface area (Å²) in [5.74, 6) is 0.941. The van der Waals surface area contributed by atoms with Gasteiger partial charge in [0, 0.05) is 24.2 Å². The van der Waals surface area contributed by atoms with Crippen LogP contribution in [-0.2, 0) is 6.42 Å². The fourth-order valence-electron chi connectivity index (χ4n) is 3.88. The van der Waals surface area contributed by atoms with Crippen molar-refractivity contribution in [1.82, 2.24) is 15.2 Å². The van der Waals surface area contributed by atoms with Gasteiger partial charge in [-0.3, -0.25) is 9.59 Å². The number of hydrogen-bond donors (Lipinski definition) is 2. The summed E-state index contributed by atoms with van der Waals surface area (Å²) >= 11 is 0. The molecule has 1 fully saturated rings. The fraction of sp³-hybridized carbons (Fsp3) is 0.684. The van der Waals surface area contributed by atoms with E-state index in [0.717, 1.165) is 48.5 Å². The molecule has 1 aliphatic carbocycles. The van der Waals surface area contributed by atoms with Gasteiger partial charge in [0.15, 0.2) is 5.78 Å². The number of H-pyrrole nitrogens is 1. The summed E-state index contributed by atoms with van der Waals surface area (Å²) in [4.78, 5) is 30.1. The van der Waals surface area contributed by atoms with E-state index in [4.69, 9.17) is 0 Å². The van der Waals surface area contributed by atoms with E-state index in [1.165, 1.54) is 25.9 Å². The van der Waals surface area contributed by atoms with Crippen LogP contribution in [0.15, 0.2) is 0 Å². The molecule has 1 amide bonds. The van der Waals surface area contributed by atoms with Crippen LogP contribution in [0.5, 0.6) is 0 Å². The molecule has 1 saturated heterocycles. The highest BCUT2D eigenvalue weighted by molar-refractivity contribution is 6.04. The summed E-state index contributed by atoms with van der Waals surface area (Å²) in [7, 11) is 0. The Morgan fingerprint density at radius 2 is 2.04 bits per heavy atom. The molecule has 2 heterocycles. The van der Waals surface area contributed by atoms with Crippen molar-refractivity contribution in [3.63, 3.8) is 0 Å². The van der Waals surface area contributed by atoms with Gasteiger partial charge in [-0.25, -0.2) is 0 Å². The van der Waals surface area contributed by atoms with Gasteiger partial charge in [0.25, 0.3) is 5.91 Å². The summed E-state index contributed by atoms with van der Waals surface area (Å²) in [6, 6.07) is 0. The second-order valence-corrected chi connectivity index (χ2v) is 7.39. The lowest BCUT2D eigenvalue weighted by Crippen LogP contribution is -2.35. The van der Waals surface area contributed by atoms with Crippen molar-refractivity contribution in [2.75, 3.05) is 26.2 Å². The van der Waals surface area contributed by atoms with Crippen molar-refractivity contribution in [3.05, 3.63) is 22.5 Å². The molecular formula is C19H29N3O2. The number of carbonyl (C=O) groups is 2. The summed E-state index contributed by atoms with van der Waals surface area (Å²) in [5.41, 5.74) is 3.09. The first-order valence-electron chi connectivity index (χ1n) is 9.31. The number of carbonyl (C=O) groups excluding carboxylic acids is 2. The van der Waals surface area contributed by atoms with Crippen molar-refractivity contribution in [3.8, 4) is 0 Å². The van der Waals surface area contributed by atoms with E-state index in [1.54, 1.807) is 0 Å². The van der Waals surface area contributed by atoms with E-state index < -0.39 is 0 Å². The monoisotopic (exact) mass is 331 g/mol. The number of likely N-dealkylation sites (tertiary alicyclic amines) is 1. The number of nitrogens with zero attached hydrogens (tertiary/aromatic N) is 1. The smallest absolute Gasteiger partial charge is 0.268 e. The predicted octanol–water partition coefficient (Wildman–Crippen LogP) is 2.69. The minimum Gasteiger partial charge on any atom is -0.354 e. The molecule has 3 rings (SSSR count). The third-order valence-corrected chi connectivity index (χ3v) is 5.48. The number of aromatic nitrogens is 1. The fourth-order valence-corrected chi connectivity index (χ4v) is 3.88. The highest BCUT2D eigenvalue weighted by Crippen LogP contribution is 2.26. The number of aryl methyl sites for hydroxylation is 1. The molecule has 0 aromatic carbocycles. The van der Waals surface area contributed by atoms with Crippen molar-refractivity contribution in [2.45, 2.75) is 52.4 Å². The number of fused-ring (bicyclic) bond motifs is 1. The molecule has 132 valence electrons. The zero-order chi connectivity index (χ0) is 17.1. The second-order valence-electron chi connectivity index (χ2n) is 7.39. The Morgan fingerprint density at radius 1 is 1.29 bits per heavy atom. The van der Waals surface area contributed by atoms with E-state index in [0.29, 0.717) is 18.7 Å². The van der Waals surface area contributed by atoms with Gasteiger partial charge in [0.1, 0.15) is 5.69 Å². The number of hydrogen-bond acceptors (Lipinski definition) is 3. The van der Waals surface area contributed by atoms with Crippen LogP contribution in [0.2, 0.25) is 0 Å². The highest BCUT2D eigenvalue weighted by Gasteiger charge is 2.26. The minimum atomic E-state index is -0.0815. The van der Waals surface area contributed by atoms with Crippen molar-refractivity contribution < 1.29 is 9.59 Å². The molecule has 24 heavy (non-hydrogen) atoms. The number of amides is 1. The first kappa shape index (κ1) is 17.2. The molecule has 0 atom stereocenters. The van der Waals surface area contributed by atoms with Crippen LogP contribution in [0.1, 0.15) is 71.1 Å². The van der Waals surface area contributed by atoms with Crippen LogP contribution in [-0.4, -0.2) is 47.8 Å². The summed E-state index contributed by atoms with van der Waals surface area (Å²) < 4.78 is 0. The maximum Gasteiger partial charge on any atom is 0.268 e. The van der Waals surface area contributed by atoms with Gasteiger partial charge >= 0.3 is 0 Å². The van der Waals surface area contributed by atoms with Gasteiger partial charge in [-0.05, 0) is 70.1 Å². The third-order valence-electron chi connectivity index (χ3n) is 5.48. The van der Waals surface area contributed by atoms with Crippen molar-refractivity contribution >= 4 is 11.7 Å². The zero-order valence-electron chi connectivity index (χ0n) is 14.9. The first-order valence-corrected chi connectivity index (χ1v) is 9.31. The quantitative estimate of drug-likeness (QED) is 0.815. The number of ketones is 1. The third kappa shape index (κ3) is 3.72. The Labute approximate surface area is 144 Å². The van der Waals surface area contributed by atoms with Gasteiger partial charge in [0.05, 0.1) is 0 Å². The van der Waals surface area contributed by atoms with E-state index in [-0.39, 0.29) is 11.7 Å². The summed E-state index contributed by atoms with van der Waals surface area (Å²) in [6.07, 6.45) is 5.88. The molecule has 0 bridgehead atoms. The molecule has 2 N–H and O–H groups in total. The SMILES string of the molecule is Cc1c(C(=O)NCCCN2CCC(C)CC2)[nH]c2c1C(=O)CCC2. The standard InChI is InChI=1S/C19H29N3O2/c1-13-7-11-22(12-8-13)10-4-9-20-19(24)18-14(2)17-15(21-18)5-3-6-16(17)23/h13,21H,3-12H2,1-2H3,(H,20,24). The average Bonchev–Trinajstić information content (AvgIpc) is 2.91. The molecule has 0 saturated carbocycles. The van der Waals surface area contributed by atoms with Gasteiger partial charge in [-0.15, -0.1) is 0 Å². The molecule has 0 spiro atoms. The van der Waals surface area contributed by atoms with Crippen molar-refractivity contribution in [2.24, 2.45) is 5.92 Å². The van der Waals surface area contributed by atoms with Gasteiger partial charge in [0.2, 0.25) is 0 Å². The number of nitrogens with one attached hydrogen (secondary N) is 2. The molecule has 1 aromatic rings. The highest BCUT2D eigenvalue weighted by atomic mass is 16.2. The lowest BCUT2D eigenvalue weighted by Gasteiger charge is -2.30. The zero-order valence-corrected chi connectivity index (χ0v) is 14.9. The minimum absolute atomic E-state index is 0.0815. The molecule has 0 radical (unpaired) electrons. The maximum absolute atomic E-state index is 12.4. The van der Waals surface area contributed by atoms with E-state index in [9.17, 15) is 9.59 Å². The molecule has 5 nitrogen and oxygen atoms in total. The molecular weight excluding hydrogens is 302 g/mol. The predicted molar refractivity (Wildman–Crippen MR) is 94.6 cm³/mol.